The van der Waals surface area contributed by atoms with Gasteiger partial charge in [-0.05, 0) is 45.8 Å². The van der Waals surface area contributed by atoms with Gasteiger partial charge in [0.25, 0.3) is 5.91 Å². The van der Waals surface area contributed by atoms with Crippen molar-refractivity contribution < 1.29 is 14.9 Å². The molecule has 0 radical (unpaired) electrons. The zero-order valence-electron chi connectivity index (χ0n) is 17.3. The van der Waals surface area contributed by atoms with Crippen molar-refractivity contribution in [2.45, 2.75) is 6.54 Å². The van der Waals surface area contributed by atoms with E-state index in [1.165, 1.54) is 4.90 Å². The van der Waals surface area contributed by atoms with Crippen LogP contribution in [-0.2, 0) is 6.54 Å². The van der Waals surface area contributed by atoms with Crippen molar-refractivity contribution in [2.24, 2.45) is 10.7 Å². The number of nitrogens with one attached hydrogen (secondary N) is 2. The number of halogens is 1. The van der Waals surface area contributed by atoms with Crippen molar-refractivity contribution >= 4 is 57.7 Å². The van der Waals surface area contributed by atoms with Crippen LogP contribution in [0.1, 0.15) is 15.9 Å². The number of para-hydroxylation sites is 2. The summed E-state index contributed by atoms with van der Waals surface area (Å²) in [4.78, 5) is 21.8. The molecule has 0 atom stereocenters. The number of hydrogen-bond acceptors (Lipinski definition) is 4. The molecule has 3 aromatic rings. The molecule has 3 rings (SSSR count). The summed E-state index contributed by atoms with van der Waals surface area (Å²) in [6.07, 6.45) is 0. The van der Waals surface area contributed by atoms with Crippen LogP contribution >= 0.6 is 28.7 Å². The molecule has 0 fully saturated rings. The summed E-state index contributed by atoms with van der Waals surface area (Å²) in [5.74, 6) is -0.213. The first-order valence-corrected chi connectivity index (χ1v) is 10.9. The first-order chi connectivity index (χ1) is 15.4. The van der Waals surface area contributed by atoms with Gasteiger partial charge in [-0.15, -0.1) is 0 Å². The molecule has 0 aliphatic heterocycles. The number of carbonyl (C=O) groups excluding carboxylic acids is 1. The predicted octanol–water partition coefficient (Wildman–Crippen LogP) is 2.66. The van der Waals surface area contributed by atoms with Gasteiger partial charge in [0, 0.05) is 26.4 Å². The van der Waals surface area contributed by atoms with E-state index in [0.717, 1.165) is 15.7 Å². The zero-order valence-corrected chi connectivity index (χ0v) is 19.8. The standard InChI is InChI=1S/C23H22BrN5O2S/c1-29(14-15-8-3-2-4-9-15)23(31)16-10-7-13-19(20(16)30)26-21(25)22(28-32)27-18-12-6-5-11-17(18)24/h2-13,30,32H,14H2,1H3,(H2,25,26)(H,27,28)/p+1. The third-order valence-electron chi connectivity index (χ3n) is 4.60. The molecular formula is C23H23BrN5O2S+. The fourth-order valence-corrected chi connectivity index (χ4v) is 3.52. The van der Waals surface area contributed by atoms with Gasteiger partial charge in [-0.1, -0.05) is 48.5 Å². The van der Waals surface area contributed by atoms with Crippen molar-refractivity contribution in [3.8, 4) is 5.75 Å². The molecule has 7 nitrogen and oxygen atoms in total. The molecule has 0 heterocycles. The molecule has 1 amide bonds. The summed E-state index contributed by atoms with van der Waals surface area (Å²) >= 11 is 7.54. The fraction of sp³-hybridized carbons (Fsp3) is 0.0870. The van der Waals surface area contributed by atoms with Gasteiger partial charge in [-0.2, -0.15) is 0 Å². The van der Waals surface area contributed by atoms with Crippen LogP contribution in [0.3, 0.4) is 0 Å². The van der Waals surface area contributed by atoms with E-state index in [1.807, 2.05) is 54.6 Å². The number of thiol groups is 1. The molecule has 9 heteroatoms. The van der Waals surface area contributed by atoms with Gasteiger partial charge in [0.2, 0.25) is 5.84 Å². The van der Waals surface area contributed by atoms with Crippen LogP contribution in [0.2, 0.25) is 0 Å². The van der Waals surface area contributed by atoms with Gasteiger partial charge in [0.1, 0.15) is 11.4 Å². The maximum absolute atomic E-state index is 12.9. The van der Waals surface area contributed by atoms with Gasteiger partial charge in [-0.25, -0.2) is 14.7 Å². The van der Waals surface area contributed by atoms with Gasteiger partial charge < -0.3 is 15.7 Å². The third kappa shape index (κ3) is 5.68. The minimum Gasteiger partial charge on any atom is -0.505 e. The smallest absolute Gasteiger partial charge is 0.327 e. The number of aliphatic imine (C=N–C) groups is 1. The van der Waals surface area contributed by atoms with Gasteiger partial charge in [-0.3, -0.25) is 4.79 Å². The average Bonchev–Trinajstić information content (AvgIpc) is 2.80. The Labute approximate surface area is 200 Å². The Balaban J connectivity index is 1.87. The molecule has 32 heavy (non-hydrogen) atoms. The second-order valence-electron chi connectivity index (χ2n) is 6.91. The molecule has 5 N–H and O–H groups in total. The van der Waals surface area contributed by atoms with Gasteiger partial charge in [0.15, 0.2) is 5.75 Å². The zero-order chi connectivity index (χ0) is 23.1. The lowest BCUT2D eigenvalue weighted by Gasteiger charge is -2.18. The maximum atomic E-state index is 12.9. The summed E-state index contributed by atoms with van der Waals surface area (Å²) in [6.45, 7) is 0.409. The quantitative estimate of drug-likeness (QED) is 0.206. The first-order valence-electron chi connectivity index (χ1n) is 9.65. The SMILES string of the molecule is CN(Cc1ccccc1)C(=O)c1cccc(N=C(N)C(NS)=[NH+]c2ccccc2Br)c1O. The van der Waals surface area contributed by atoms with Crippen molar-refractivity contribution in [2.75, 3.05) is 7.05 Å². The summed E-state index contributed by atoms with van der Waals surface area (Å²) in [6, 6.07) is 21.9. The fourth-order valence-electron chi connectivity index (χ4n) is 2.96. The molecular weight excluding hydrogens is 490 g/mol. The van der Waals surface area contributed by atoms with Crippen molar-refractivity contribution in [1.82, 2.24) is 9.62 Å². The van der Waals surface area contributed by atoms with E-state index < -0.39 is 0 Å². The number of carbonyl (C=O) groups is 1. The largest absolute Gasteiger partial charge is 0.505 e. The summed E-state index contributed by atoms with van der Waals surface area (Å²) in [5.41, 5.74) is 8.16. The minimum absolute atomic E-state index is 0.0493. The van der Waals surface area contributed by atoms with E-state index in [4.69, 9.17) is 5.73 Å². The lowest BCUT2D eigenvalue weighted by Crippen LogP contribution is -2.72. The number of benzene rings is 3. The second kappa shape index (κ2) is 10.8. The number of aromatic hydroxyl groups is 1. The Bertz CT molecular complexity index is 1170. The molecule has 164 valence electrons. The summed E-state index contributed by atoms with van der Waals surface area (Å²) in [5, 5.41) is 10.7. The van der Waals surface area contributed by atoms with Crippen molar-refractivity contribution in [3.05, 3.63) is 88.4 Å². The summed E-state index contributed by atoms with van der Waals surface area (Å²) < 4.78 is 3.49. The van der Waals surface area contributed by atoms with Crippen molar-refractivity contribution in [3.63, 3.8) is 0 Å². The number of phenolic OH excluding ortho intramolecular Hbond substituents is 1. The van der Waals surface area contributed by atoms with E-state index in [1.54, 1.807) is 25.2 Å². The minimum atomic E-state index is -0.329. The van der Waals surface area contributed by atoms with Crippen LogP contribution in [-0.4, -0.2) is 34.6 Å². The Hall–Kier alpha value is -3.30. The Morgan fingerprint density at radius 3 is 2.50 bits per heavy atom. The summed E-state index contributed by atoms with van der Waals surface area (Å²) in [7, 11) is 1.68. The number of nitrogens with zero attached hydrogens (tertiary/aromatic N) is 2. The molecule has 0 unspecified atom stereocenters. The van der Waals surface area contributed by atoms with E-state index in [-0.39, 0.29) is 28.7 Å². The normalized spacial score (nSPS) is 11.8. The van der Waals surface area contributed by atoms with Crippen molar-refractivity contribution in [1.29, 1.82) is 0 Å². The van der Waals surface area contributed by atoms with Gasteiger partial charge in [0.05, 0.1) is 10.0 Å². The molecule has 3 aromatic carbocycles. The molecule has 0 spiro atoms. The van der Waals surface area contributed by atoms with Crippen LogP contribution < -0.4 is 15.4 Å². The number of amidine groups is 2. The molecule has 0 saturated carbocycles. The molecule has 0 bridgehead atoms. The van der Waals surface area contributed by atoms with E-state index in [0.29, 0.717) is 12.4 Å². The van der Waals surface area contributed by atoms with Crippen LogP contribution in [0.4, 0.5) is 11.4 Å². The second-order valence-corrected chi connectivity index (χ2v) is 7.99. The Morgan fingerprint density at radius 2 is 1.81 bits per heavy atom. The number of phenols is 1. The lowest BCUT2D eigenvalue weighted by molar-refractivity contribution is -0.354. The van der Waals surface area contributed by atoms with E-state index in [9.17, 15) is 9.90 Å². The topological polar surface area (TPSA) is 105 Å². The highest BCUT2D eigenvalue weighted by molar-refractivity contribution is 9.10. The van der Waals surface area contributed by atoms with E-state index >= 15 is 0 Å². The molecule has 0 aliphatic carbocycles. The maximum Gasteiger partial charge on any atom is 0.327 e. The number of nitrogens with two attached hydrogens (primary N) is 1. The molecule has 0 saturated heterocycles. The van der Waals surface area contributed by atoms with Crippen LogP contribution in [0.15, 0.2) is 82.3 Å². The van der Waals surface area contributed by atoms with E-state index in [2.05, 4.69) is 43.5 Å². The number of amides is 1. The third-order valence-corrected chi connectivity index (χ3v) is 5.51. The van der Waals surface area contributed by atoms with Crippen LogP contribution in [0, 0.1) is 0 Å². The number of rotatable bonds is 5. The lowest BCUT2D eigenvalue weighted by atomic mass is 10.1. The molecule has 0 aromatic heterocycles. The highest BCUT2D eigenvalue weighted by Crippen LogP contribution is 2.31. The predicted molar refractivity (Wildman–Crippen MR) is 134 cm³/mol. The number of hydrogen-bond donors (Lipinski definition) is 5. The highest BCUT2D eigenvalue weighted by atomic mass is 79.9. The van der Waals surface area contributed by atoms with Gasteiger partial charge >= 0.3 is 5.84 Å². The first kappa shape index (κ1) is 23.4. The molecule has 0 aliphatic rings. The van der Waals surface area contributed by atoms with Crippen LogP contribution in [0.25, 0.3) is 0 Å². The Kier molecular flexibility index (Phi) is 7.91. The van der Waals surface area contributed by atoms with Crippen LogP contribution in [0.5, 0.6) is 5.75 Å². The Morgan fingerprint density at radius 1 is 1.12 bits per heavy atom. The monoisotopic (exact) mass is 512 g/mol. The average molecular weight is 513 g/mol. The highest BCUT2D eigenvalue weighted by Gasteiger charge is 2.20.